The van der Waals surface area contributed by atoms with Crippen LogP contribution >= 0.6 is 0 Å². The third-order valence-corrected chi connectivity index (χ3v) is 5.11. The van der Waals surface area contributed by atoms with Crippen LogP contribution in [0, 0.1) is 0 Å². The SMILES string of the molecule is C1=C(c2ccco2)CN=C1Nc1nc(NCc2ccccc2)nc(N2CCCC2)n1. The van der Waals surface area contributed by atoms with E-state index in [-0.39, 0.29) is 0 Å². The zero-order valence-corrected chi connectivity index (χ0v) is 16.6. The molecule has 0 amide bonds. The van der Waals surface area contributed by atoms with Crippen molar-refractivity contribution in [3.05, 3.63) is 66.1 Å². The summed E-state index contributed by atoms with van der Waals surface area (Å²) in [7, 11) is 0. The topological polar surface area (TPSA) is 91.5 Å². The molecule has 0 bridgehead atoms. The van der Waals surface area contributed by atoms with E-state index in [1.54, 1.807) is 6.26 Å². The highest BCUT2D eigenvalue weighted by Crippen LogP contribution is 2.22. The molecule has 0 atom stereocenters. The van der Waals surface area contributed by atoms with Crippen molar-refractivity contribution in [2.75, 3.05) is 35.2 Å². The first kappa shape index (κ1) is 18.4. The number of rotatable bonds is 6. The lowest BCUT2D eigenvalue weighted by molar-refractivity contribution is 0.552. The minimum atomic E-state index is 0.484. The molecule has 0 unspecified atom stereocenters. The van der Waals surface area contributed by atoms with Crippen LogP contribution in [0.25, 0.3) is 5.57 Å². The van der Waals surface area contributed by atoms with Crippen LogP contribution in [0.2, 0.25) is 0 Å². The third-order valence-electron chi connectivity index (χ3n) is 5.11. The number of nitrogens with one attached hydrogen (secondary N) is 2. The molecule has 8 heteroatoms. The summed E-state index contributed by atoms with van der Waals surface area (Å²) in [5.74, 6) is 3.27. The number of hydrogen-bond acceptors (Lipinski definition) is 8. The lowest BCUT2D eigenvalue weighted by atomic mass is 10.2. The van der Waals surface area contributed by atoms with Crippen molar-refractivity contribution in [2.45, 2.75) is 19.4 Å². The van der Waals surface area contributed by atoms with E-state index in [0.29, 0.717) is 36.8 Å². The Morgan fingerprint density at radius 3 is 2.57 bits per heavy atom. The number of aliphatic imine (C=N–C) groups is 1. The molecule has 1 fully saturated rings. The van der Waals surface area contributed by atoms with Gasteiger partial charge in [-0.3, -0.25) is 4.99 Å². The average Bonchev–Trinajstić information content (AvgIpc) is 3.55. The smallest absolute Gasteiger partial charge is 0.234 e. The Balaban J connectivity index is 1.36. The van der Waals surface area contributed by atoms with Gasteiger partial charge in [0.05, 0.1) is 12.8 Å². The quantitative estimate of drug-likeness (QED) is 0.652. The zero-order chi connectivity index (χ0) is 20.2. The number of anilines is 3. The van der Waals surface area contributed by atoms with Crippen molar-refractivity contribution >= 4 is 29.3 Å². The third kappa shape index (κ3) is 4.17. The summed E-state index contributed by atoms with van der Waals surface area (Å²) in [6, 6.07) is 14.0. The van der Waals surface area contributed by atoms with Crippen molar-refractivity contribution in [1.29, 1.82) is 0 Å². The first-order chi connectivity index (χ1) is 14.8. The maximum Gasteiger partial charge on any atom is 0.234 e. The molecule has 2 N–H and O–H groups in total. The number of nitrogens with zero attached hydrogens (tertiary/aromatic N) is 5. The van der Waals surface area contributed by atoms with Crippen LogP contribution in [-0.2, 0) is 6.54 Å². The highest BCUT2D eigenvalue weighted by molar-refractivity contribution is 6.09. The first-order valence-corrected chi connectivity index (χ1v) is 10.2. The fraction of sp³-hybridized carbons (Fsp3) is 0.273. The number of amidine groups is 1. The van der Waals surface area contributed by atoms with Crippen molar-refractivity contribution < 1.29 is 4.42 Å². The van der Waals surface area contributed by atoms with Gasteiger partial charge in [-0.05, 0) is 36.6 Å². The first-order valence-electron chi connectivity index (χ1n) is 10.2. The summed E-state index contributed by atoms with van der Waals surface area (Å²) in [5, 5.41) is 6.56. The molecule has 1 aromatic carbocycles. The number of benzene rings is 1. The Kier molecular flexibility index (Phi) is 5.12. The van der Waals surface area contributed by atoms with Gasteiger partial charge in [-0.25, -0.2) is 0 Å². The fourth-order valence-corrected chi connectivity index (χ4v) is 3.56. The van der Waals surface area contributed by atoms with Gasteiger partial charge in [0.25, 0.3) is 0 Å². The number of furan rings is 1. The molecule has 2 aliphatic heterocycles. The Bertz CT molecular complexity index is 1050. The van der Waals surface area contributed by atoms with Gasteiger partial charge in [-0.2, -0.15) is 15.0 Å². The van der Waals surface area contributed by atoms with E-state index in [1.807, 2.05) is 36.4 Å². The molecule has 0 saturated carbocycles. The van der Waals surface area contributed by atoms with Gasteiger partial charge in [-0.15, -0.1) is 0 Å². The molecule has 0 radical (unpaired) electrons. The van der Waals surface area contributed by atoms with E-state index in [9.17, 15) is 0 Å². The summed E-state index contributed by atoms with van der Waals surface area (Å²) in [6.45, 7) is 3.14. The summed E-state index contributed by atoms with van der Waals surface area (Å²) in [6.07, 6.45) is 5.95. The van der Waals surface area contributed by atoms with Gasteiger partial charge >= 0.3 is 0 Å². The summed E-state index contributed by atoms with van der Waals surface area (Å²) in [4.78, 5) is 20.6. The van der Waals surface area contributed by atoms with Crippen molar-refractivity contribution in [2.24, 2.45) is 4.99 Å². The van der Waals surface area contributed by atoms with E-state index < -0.39 is 0 Å². The number of aromatic nitrogens is 3. The Labute approximate surface area is 174 Å². The van der Waals surface area contributed by atoms with Crippen LogP contribution in [0.3, 0.4) is 0 Å². The van der Waals surface area contributed by atoms with Crippen LogP contribution in [0.15, 0.2) is 64.2 Å². The highest BCUT2D eigenvalue weighted by Gasteiger charge is 2.19. The van der Waals surface area contributed by atoms with Gasteiger partial charge in [0.2, 0.25) is 17.8 Å². The van der Waals surface area contributed by atoms with E-state index in [2.05, 4.69) is 47.6 Å². The van der Waals surface area contributed by atoms with Gasteiger partial charge < -0.3 is 20.0 Å². The van der Waals surface area contributed by atoms with E-state index >= 15 is 0 Å². The van der Waals surface area contributed by atoms with Crippen LogP contribution < -0.4 is 15.5 Å². The molecule has 0 aliphatic carbocycles. The summed E-state index contributed by atoms with van der Waals surface area (Å²) < 4.78 is 5.47. The fourth-order valence-electron chi connectivity index (χ4n) is 3.56. The van der Waals surface area contributed by atoms with Crippen LogP contribution in [0.5, 0.6) is 0 Å². The van der Waals surface area contributed by atoms with Gasteiger partial charge in [0.1, 0.15) is 11.6 Å². The second kappa shape index (κ2) is 8.36. The molecule has 3 aromatic rings. The van der Waals surface area contributed by atoms with Gasteiger partial charge in [0.15, 0.2) is 0 Å². The highest BCUT2D eigenvalue weighted by atomic mass is 16.3. The molecule has 8 nitrogen and oxygen atoms in total. The molecule has 4 heterocycles. The Morgan fingerprint density at radius 1 is 0.933 bits per heavy atom. The predicted octanol–water partition coefficient (Wildman–Crippen LogP) is 3.58. The van der Waals surface area contributed by atoms with E-state index in [0.717, 1.165) is 37.3 Å². The molecule has 152 valence electrons. The van der Waals surface area contributed by atoms with Gasteiger partial charge in [0, 0.05) is 25.2 Å². The molecule has 2 aromatic heterocycles. The lowest BCUT2D eigenvalue weighted by Gasteiger charge is -2.17. The summed E-state index contributed by atoms with van der Waals surface area (Å²) in [5.41, 5.74) is 2.19. The van der Waals surface area contributed by atoms with Crippen LogP contribution in [0.1, 0.15) is 24.2 Å². The van der Waals surface area contributed by atoms with E-state index in [4.69, 9.17) is 4.42 Å². The van der Waals surface area contributed by atoms with Crippen molar-refractivity contribution in [3.63, 3.8) is 0 Å². The molecule has 2 aliphatic rings. The maximum absolute atomic E-state index is 5.47. The normalized spacial score (nSPS) is 15.8. The zero-order valence-electron chi connectivity index (χ0n) is 16.6. The Morgan fingerprint density at radius 2 is 1.77 bits per heavy atom. The second-order valence-electron chi connectivity index (χ2n) is 7.29. The molecule has 30 heavy (non-hydrogen) atoms. The largest absolute Gasteiger partial charge is 0.465 e. The minimum Gasteiger partial charge on any atom is -0.465 e. The molecule has 5 rings (SSSR count). The van der Waals surface area contributed by atoms with Crippen molar-refractivity contribution in [1.82, 2.24) is 15.0 Å². The molecule has 0 spiro atoms. The summed E-state index contributed by atoms with van der Waals surface area (Å²) >= 11 is 0. The monoisotopic (exact) mass is 401 g/mol. The molecule has 1 saturated heterocycles. The number of hydrogen-bond donors (Lipinski definition) is 2. The minimum absolute atomic E-state index is 0.484. The molecular formula is C22H23N7O. The van der Waals surface area contributed by atoms with Crippen molar-refractivity contribution in [3.8, 4) is 0 Å². The van der Waals surface area contributed by atoms with Gasteiger partial charge in [-0.1, -0.05) is 30.3 Å². The standard InChI is InChI=1S/C22H23N7O/c1-2-7-16(8-3-1)14-24-20-26-21(28-22(27-20)29-10-4-5-11-29)25-19-13-17(15-23-19)18-9-6-12-30-18/h1-3,6-9,12-13H,4-5,10-11,14-15H2,(H2,23,24,25,26,27,28). The average molecular weight is 401 g/mol. The second-order valence-corrected chi connectivity index (χ2v) is 7.29. The van der Waals surface area contributed by atoms with Crippen LogP contribution in [0.4, 0.5) is 17.8 Å². The van der Waals surface area contributed by atoms with E-state index in [1.165, 1.54) is 5.56 Å². The maximum atomic E-state index is 5.47. The van der Waals surface area contributed by atoms with Crippen LogP contribution in [-0.4, -0.2) is 40.4 Å². The Hall–Kier alpha value is -3.68. The predicted molar refractivity (Wildman–Crippen MR) is 118 cm³/mol. The lowest BCUT2D eigenvalue weighted by Crippen LogP contribution is -2.23. The molecular weight excluding hydrogens is 378 g/mol.